The van der Waals surface area contributed by atoms with Crippen molar-refractivity contribution in [1.82, 2.24) is 10.1 Å². The Labute approximate surface area is 92.7 Å². The maximum atomic E-state index is 9.20. The van der Waals surface area contributed by atoms with Gasteiger partial charge >= 0.3 is 0 Å². The quantitative estimate of drug-likeness (QED) is 0.915. The second-order valence-corrected chi connectivity index (χ2v) is 5.20. The molecule has 0 radical (unpaired) electrons. The smallest absolute Gasteiger partial charge is 0.268 e. The number of hydrogen-bond acceptors (Lipinski definition) is 5. The highest BCUT2D eigenvalue weighted by molar-refractivity contribution is 9.11. The van der Waals surface area contributed by atoms with Crippen LogP contribution >= 0.6 is 27.3 Å². The van der Waals surface area contributed by atoms with E-state index in [-0.39, 0.29) is 0 Å². The Balaban J connectivity index is 2.33. The third-order valence-electron chi connectivity index (χ3n) is 1.60. The van der Waals surface area contributed by atoms with Crippen LogP contribution in [0.5, 0.6) is 0 Å². The van der Waals surface area contributed by atoms with Gasteiger partial charge in [-0.25, -0.2) is 0 Å². The minimum atomic E-state index is -0.698. The molecule has 2 aromatic heterocycles. The van der Waals surface area contributed by atoms with Crippen molar-refractivity contribution in [2.24, 2.45) is 0 Å². The molecule has 74 valence electrons. The summed E-state index contributed by atoms with van der Waals surface area (Å²) < 4.78 is 6.00. The fourth-order valence-electron chi connectivity index (χ4n) is 0.934. The molecule has 0 aliphatic heterocycles. The minimum Gasteiger partial charge on any atom is -0.385 e. The Morgan fingerprint density at radius 3 is 2.86 bits per heavy atom. The van der Waals surface area contributed by atoms with Gasteiger partial charge in [-0.3, -0.25) is 0 Å². The summed E-state index contributed by atoms with van der Waals surface area (Å²) in [5.74, 6) is 0.751. The number of halogens is 1. The maximum Gasteiger partial charge on any atom is 0.268 e. The molecule has 4 nitrogen and oxygen atoms in total. The summed E-state index contributed by atoms with van der Waals surface area (Å²) in [6, 6.07) is 3.79. The number of aliphatic hydroxyl groups excluding tert-OH is 1. The zero-order valence-electron chi connectivity index (χ0n) is 7.27. The van der Waals surface area contributed by atoms with E-state index >= 15 is 0 Å². The number of aromatic nitrogens is 2. The van der Waals surface area contributed by atoms with Gasteiger partial charge in [0.1, 0.15) is 6.10 Å². The standard InChI is InChI=1S/C8H7BrN2O2S/c1-4(12)7-10-8(13-11-7)5-2-3-6(9)14-5/h2-4,12H,1H3. The molecule has 1 N–H and O–H groups in total. The van der Waals surface area contributed by atoms with Crippen molar-refractivity contribution in [3.8, 4) is 10.8 Å². The lowest BCUT2D eigenvalue weighted by Crippen LogP contribution is -1.92. The zero-order chi connectivity index (χ0) is 10.1. The van der Waals surface area contributed by atoms with Gasteiger partial charge in [-0.15, -0.1) is 11.3 Å². The van der Waals surface area contributed by atoms with Crippen LogP contribution in [0.3, 0.4) is 0 Å². The van der Waals surface area contributed by atoms with Crippen molar-refractivity contribution < 1.29 is 9.63 Å². The van der Waals surface area contributed by atoms with Crippen molar-refractivity contribution in [2.45, 2.75) is 13.0 Å². The third kappa shape index (κ3) is 1.87. The number of hydrogen-bond donors (Lipinski definition) is 1. The van der Waals surface area contributed by atoms with E-state index in [1.165, 1.54) is 11.3 Å². The lowest BCUT2D eigenvalue weighted by molar-refractivity contribution is 0.184. The molecular weight excluding hydrogens is 268 g/mol. The van der Waals surface area contributed by atoms with Crippen molar-refractivity contribution >= 4 is 27.3 Å². The average molecular weight is 275 g/mol. The second-order valence-electron chi connectivity index (χ2n) is 2.74. The fraction of sp³-hybridized carbons (Fsp3) is 0.250. The molecule has 2 rings (SSSR count). The molecule has 0 amide bonds. The summed E-state index contributed by atoms with van der Waals surface area (Å²) in [6.07, 6.45) is -0.698. The van der Waals surface area contributed by atoms with Crippen molar-refractivity contribution in [2.75, 3.05) is 0 Å². The second kappa shape index (κ2) is 3.80. The van der Waals surface area contributed by atoms with Crippen molar-refractivity contribution in [3.05, 3.63) is 21.7 Å². The van der Waals surface area contributed by atoms with E-state index in [4.69, 9.17) is 4.52 Å². The van der Waals surface area contributed by atoms with Gasteiger partial charge in [0.2, 0.25) is 0 Å². The van der Waals surface area contributed by atoms with E-state index in [0.717, 1.165) is 8.66 Å². The first-order chi connectivity index (χ1) is 6.66. The van der Waals surface area contributed by atoms with Crippen molar-refractivity contribution in [3.63, 3.8) is 0 Å². The van der Waals surface area contributed by atoms with E-state index in [1.54, 1.807) is 6.92 Å². The van der Waals surface area contributed by atoms with E-state index in [9.17, 15) is 5.11 Å². The Bertz CT molecular complexity index is 438. The van der Waals surface area contributed by atoms with Gasteiger partial charge in [0.05, 0.1) is 8.66 Å². The Kier molecular flexibility index (Phi) is 2.66. The van der Waals surface area contributed by atoms with Gasteiger partial charge in [0.25, 0.3) is 5.89 Å². The van der Waals surface area contributed by atoms with Crippen LogP contribution in [0.1, 0.15) is 18.9 Å². The van der Waals surface area contributed by atoms with Crippen LogP contribution in [0.4, 0.5) is 0 Å². The number of thiophene rings is 1. The zero-order valence-corrected chi connectivity index (χ0v) is 9.67. The fourth-order valence-corrected chi connectivity index (χ4v) is 2.24. The summed E-state index contributed by atoms with van der Waals surface area (Å²) in [7, 11) is 0. The number of aliphatic hydroxyl groups is 1. The molecule has 0 aliphatic rings. The molecule has 0 saturated carbocycles. The molecule has 0 bridgehead atoms. The van der Waals surface area contributed by atoms with Gasteiger partial charge in [-0.05, 0) is 35.0 Å². The summed E-state index contributed by atoms with van der Waals surface area (Å²) >= 11 is 4.85. The number of rotatable bonds is 2. The Morgan fingerprint density at radius 1 is 1.57 bits per heavy atom. The molecular formula is C8H7BrN2O2S. The molecule has 0 spiro atoms. The van der Waals surface area contributed by atoms with Crippen LogP contribution in [0.2, 0.25) is 0 Å². The van der Waals surface area contributed by atoms with Gasteiger partial charge in [0.15, 0.2) is 5.82 Å². The maximum absolute atomic E-state index is 9.20. The normalized spacial score (nSPS) is 13.1. The molecule has 1 atom stereocenters. The molecule has 2 heterocycles. The predicted molar refractivity (Wildman–Crippen MR) is 55.9 cm³/mol. The Morgan fingerprint density at radius 2 is 2.36 bits per heavy atom. The minimum absolute atomic E-state index is 0.310. The van der Waals surface area contributed by atoms with Crippen LogP contribution in [0.15, 0.2) is 20.4 Å². The average Bonchev–Trinajstić information content (AvgIpc) is 2.70. The molecule has 0 aliphatic carbocycles. The van der Waals surface area contributed by atoms with Crippen LogP contribution < -0.4 is 0 Å². The van der Waals surface area contributed by atoms with E-state index in [0.29, 0.717) is 11.7 Å². The van der Waals surface area contributed by atoms with Crippen molar-refractivity contribution in [1.29, 1.82) is 0 Å². The van der Waals surface area contributed by atoms with Gasteiger partial charge in [-0.1, -0.05) is 5.16 Å². The van der Waals surface area contributed by atoms with Crippen LogP contribution in [0, 0.1) is 0 Å². The summed E-state index contributed by atoms with van der Waals surface area (Å²) in [5.41, 5.74) is 0. The molecule has 0 aromatic carbocycles. The van der Waals surface area contributed by atoms with Gasteiger partial charge < -0.3 is 9.63 Å². The first kappa shape index (κ1) is 9.82. The van der Waals surface area contributed by atoms with Crippen LogP contribution in [0.25, 0.3) is 10.8 Å². The highest BCUT2D eigenvalue weighted by atomic mass is 79.9. The summed E-state index contributed by atoms with van der Waals surface area (Å²) in [6.45, 7) is 1.60. The van der Waals surface area contributed by atoms with Gasteiger partial charge in [0, 0.05) is 0 Å². The first-order valence-corrected chi connectivity index (χ1v) is 5.55. The van der Waals surface area contributed by atoms with E-state index in [1.807, 2.05) is 12.1 Å². The molecule has 2 aromatic rings. The molecule has 1 unspecified atom stereocenters. The Hall–Kier alpha value is -0.720. The molecule has 14 heavy (non-hydrogen) atoms. The van der Waals surface area contributed by atoms with E-state index in [2.05, 4.69) is 26.1 Å². The van der Waals surface area contributed by atoms with Crippen LogP contribution in [-0.4, -0.2) is 15.2 Å². The lowest BCUT2D eigenvalue weighted by Gasteiger charge is -1.91. The molecule has 0 saturated heterocycles. The monoisotopic (exact) mass is 274 g/mol. The highest BCUT2D eigenvalue weighted by Crippen LogP contribution is 2.30. The third-order valence-corrected chi connectivity index (χ3v) is 3.21. The van der Waals surface area contributed by atoms with Crippen LogP contribution in [-0.2, 0) is 0 Å². The topological polar surface area (TPSA) is 59.2 Å². The first-order valence-electron chi connectivity index (χ1n) is 3.94. The highest BCUT2D eigenvalue weighted by Gasteiger charge is 2.13. The lowest BCUT2D eigenvalue weighted by atomic mass is 10.4. The molecule has 6 heteroatoms. The number of nitrogens with zero attached hydrogens (tertiary/aromatic N) is 2. The summed E-state index contributed by atoms with van der Waals surface area (Å²) in [4.78, 5) is 4.94. The largest absolute Gasteiger partial charge is 0.385 e. The predicted octanol–water partition coefficient (Wildman–Crippen LogP) is 2.61. The SMILES string of the molecule is CC(O)c1noc(-c2ccc(Br)s2)n1. The van der Waals surface area contributed by atoms with E-state index < -0.39 is 6.10 Å². The molecule has 0 fully saturated rings. The summed E-state index contributed by atoms with van der Waals surface area (Å²) in [5, 5.41) is 12.9. The van der Waals surface area contributed by atoms with Gasteiger partial charge in [-0.2, -0.15) is 4.98 Å².